The van der Waals surface area contributed by atoms with Crippen molar-refractivity contribution in [2.24, 2.45) is 0 Å². The number of nitrogens with zero attached hydrogens (tertiary/aromatic N) is 6. The molecule has 1 aliphatic rings. The van der Waals surface area contributed by atoms with Crippen LogP contribution in [0.4, 0.5) is 5.13 Å². The maximum absolute atomic E-state index is 5.15. The topological polar surface area (TPSA) is 72.9 Å². The maximum atomic E-state index is 5.15. The van der Waals surface area contributed by atoms with Gasteiger partial charge in [0.05, 0.1) is 5.69 Å². The number of hydrogen-bond donors (Lipinski definition) is 0. The Morgan fingerprint density at radius 3 is 2.79 bits per heavy atom. The highest BCUT2D eigenvalue weighted by Gasteiger charge is 2.20. The van der Waals surface area contributed by atoms with Gasteiger partial charge in [0.1, 0.15) is 0 Å². The highest BCUT2D eigenvalue weighted by molar-refractivity contribution is 7.15. The normalized spacial score (nSPS) is 13.3. The second-order valence-electron chi connectivity index (χ2n) is 8.20. The fourth-order valence-corrected chi connectivity index (χ4v) is 5.16. The molecule has 0 fully saturated rings. The molecule has 3 aromatic heterocycles. The molecule has 0 radical (unpaired) electrons. The van der Waals surface area contributed by atoms with Gasteiger partial charge < -0.3 is 9.42 Å². The lowest BCUT2D eigenvalue weighted by molar-refractivity contribution is 0.394. The van der Waals surface area contributed by atoms with E-state index in [1.54, 1.807) is 17.5 Å². The lowest BCUT2D eigenvalue weighted by atomic mass is 9.97. The Hall–Kier alpha value is -3.78. The van der Waals surface area contributed by atoms with Crippen LogP contribution in [0.15, 0.2) is 71.6 Å². The van der Waals surface area contributed by atoms with Gasteiger partial charge in [0.25, 0.3) is 0 Å². The summed E-state index contributed by atoms with van der Waals surface area (Å²) in [6.07, 6.45) is 7.63. The first kappa shape index (κ1) is 19.9. The number of aryl methyl sites for hydroxylation is 1. The van der Waals surface area contributed by atoms with E-state index in [0.717, 1.165) is 42.3 Å². The summed E-state index contributed by atoms with van der Waals surface area (Å²) < 4.78 is 7.02. The van der Waals surface area contributed by atoms with E-state index in [-0.39, 0.29) is 0 Å². The van der Waals surface area contributed by atoms with E-state index >= 15 is 0 Å². The molecule has 2 aromatic carbocycles. The molecule has 164 valence electrons. The summed E-state index contributed by atoms with van der Waals surface area (Å²) in [7, 11) is 0. The van der Waals surface area contributed by atoms with Gasteiger partial charge in [0, 0.05) is 55.5 Å². The third-order valence-corrected chi connectivity index (χ3v) is 6.96. The summed E-state index contributed by atoms with van der Waals surface area (Å²) in [6.45, 7) is 3.62. The van der Waals surface area contributed by atoms with Crippen LogP contribution in [0.2, 0.25) is 0 Å². The standard InChI is InChI=1S/C25H22N6OS/c1-17-28-24(29-32-17)20-6-5-19-9-12-30(16-21(19)14-20)25-26-15-23(33-25)13-18-3-7-22(8-4-18)31-11-2-10-27-31/h2-8,10-11,14-15H,9,12-13,16H2,1H3. The average Bonchev–Trinajstić information content (AvgIpc) is 3.61. The minimum absolute atomic E-state index is 0.579. The number of hydrogen-bond acceptors (Lipinski definition) is 7. The van der Waals surface area contributed by atoms with Crippen molar-refractivity contribution in [2.45, 2.75) is 26.3 Å². The summed E-state index contributed by atoms with van der Waals surface area (Å²) in [6, 6.07) is 16.9. The van der Waals surface area contributed by atoms with Crippen molar-refractivity contribution < 1.29 is 4.52 Å². The molecular weight excluding hydrogens is 432 g/mol. The molecule has 0 saturated heterocycles. The predicted octanol–water partition coefficient (Wildman–Crippen LogP) is 4.84. The Morgan fingerprint density at radius 2 is 2.00 bits per heavy atom. The number of benzene rings is 2. The Kier molecular flexibility index (Phi) is 4.99. The number of fused-ring (bicyclic) bond motifs is 1. The van der Waals surface area contributed by atoms with E-state index < -0.39 is 0 Å². The van der Waals surface area contributed by atoms with Gasteiger partial charge in [-0.25, -0.2) is 9.67 Å². The molecule has 0 amide bonds. The van der Waals surface area contributed by atoms with Gasteiger partial charge in [-0.3, -0.25) is 0 Å². The third kappa shape index (κ3) is 4.05. The number of anilines is 1. The van der Waals surface area contributed by atoms with E-state index in [9.17, 15) is 0 Å². The maximum Gasteiger partial charge on any atom is 0.223 e. The Balaban J connectivity index is 1.16. The van der Waals surface area contributed by atoms with Crippen LogP contribution < -0.4 is 4.90 Å². The van der Waals surface area contributed by atoms with Crippen LogP contribution >= 0.6 is 11.3 Å². The molecule has 33 heavy (non-hydrogen) atoms. The highest BCUT2D eigenvalue weighted by atomic mass is 32.1. The molecule has 0 spiro atoms. The van der Waals surface area contributed by atoms with Crippen LogP contribution in [0.5, 0.6) is 0 Å². The summed E-state index contributed by atoms with van der Waals surface area (Å²) in [4.78, 5) is 12.7. The Bertz CT molecular complexity index is 1390. The lowest BCUT2D eigenvalue weighted by Crippen LogP contribution is -2.30. The van der Waals surface area contributed by atoms with E-state index in [0.29, 0.717) is 11.7 Å². The number of aromatic nitrogens is 5. The summed E-state index contributed by atoms with van der Waals surface area (Å²) in [5, 5.41) is 9.42. The number of thiazole rings is 1. The molecule has 0 aliphatic carbocycles. The summed E-state index contributed by atoms with van der Waals surface area (Å²) in [5.41, 5.74) is 6.00. The number of rotatable bonds is 5. The Labute approximate surface area is 195 Å². The van der Waals surface area contributed by atoms with Crippen molar-refractivity contribution in [3.05, 3.63) is 94.6 Å². The monoisotopic (exact) mass is 454 g/mol. The highest BCUT2D eigenvalue weighted by Crippen LogP contribution is 2.31. The van der Waals surface area contributed by atoms with Gasteiger partial charge in [0.15, 0.2) is 5.13 Å². The molecule has 0 atom stereocenters. The van der Waals surface area contributed by atoms with E-state index in [4.69, 9.17) is 9.51 Å². The molecule has 8 heteroatoms. The molecule has 0 bridgehead atoms. The molecule has 7 nitrogen and oxygen atoms in total. The van der Waals surface area contributed by atoms with E-state index in [2.05, 4.69) is 62.6 Å². The molecule has 6 rings (SSSR count). The smallest absolute Gasteiger partial charge is 0.223 e. The summed E-state index contributed by atoms with van der Waals surface area (Å²) in [5.74, 6) is 1.22. The van der Waals surface area contributed by atoms with Gasteiger partial charge in [-0.1, -0.05) is 29.4 Å². The fraction of sp³-hybridized carbons (Fsp3) is 0.200. The van der Waals surface area contributed by atoms with Crippen molar-refractivity contribution in [2.75, 3.05) is 11.4 Å². The van der Waals surface area contributed by atoms with Crippen LogP contribution in [0.3, 0.4) is 0 Å². The zero-order valence-corrected chi connectivity index (χ0v) is 19.0. The van der Waals surface area contributed by atoms with Crippen LogP contribution in [0.25, 0.3) is 17.1 Å². The second kappa shape index (κ2) is 8.29. The van der Waals surface area contributed by atoms with Gasteiger partial charge in [-0.2, -0.15) is 10.1 Å². The lowest BCUT2D eigenvalue weighted by Gasteiger charge is -2.28. The largest absolute Gasteiger partial charge is 0.343 e. The van der Waals surface area contributed by atoms with Crippen molar-refractivity contribution in [1.82, 2.24) is 24.9 Å². The molecule has 4 heterocycles. The quantitative estimate of drug-likeness (QED) is 0.378. The first-order valence-electron chi connectivity index (χ1n) is 10.9. The van der Waals surface area contributed by atoms with Gasteiger partial charge in [0.2, 0.25) is 11.7 Å². The van der Waals surface area contributed by atoms with Crippen molar-refractivity contribution in [3.8, 4) is 17.1 Å². The van der Waals surface area contributed by atoms with Crippen LogP contribution in [0.1, 0.15) is 27.5 Å². The minimum atomic E-state index is 0.579. The SMILES string of the molecule is Cc1nc(-c2ccc3c(c2)CN(c2ncc(Cc4ccc(-n5cccn5)cc4)s2)CC3)no1. The average molecular weight is 455 g/mol. The Morgan fingerprint density at radius 1 is 1.09 bits per heavy atom. The fourth-order valence-electron chi connectivity index (χ4n) is 4.19. The van der Waals surface area contributed by atoms with Crippen molar-refractivity contribution in [3.63, 3.8) is 0 Å². The third-order valence-electron chi connectivity index (χ3n) is 5.90. The second-order valence-corrected chi connectivity index (χ2v) is 9.29. The van der Waals surface area contributed by atoms with Crippen molar-refractivity contribution >= 4 is 16.5 Å². The first-order valence-corrected chi connectivity index (χ1v) is 11.7. The van der Waals surface area contributed by atoms with E-state index in [1.165, 1.54) is 21.6 Å². The van der Waals surface area contributed by atoms with Crippen molar-refractivity contribution in [1.29, 1.82) is 0 Å². The zero-order chi connectivity index (χ0) is 22.2. The van der Waals surface area contributed by atoms with Crippen LogP contribution in [-0.4, -0.2) is 31.4 Å². The van der Waals surface area contributed by atoms with Gasteiger partial charge in [-0.05, 0) is 47.4 Å². The van der Waals surface area contributed by atoms with E-state index in [1.807, 2.05) is 30.1 Å². The predicted molar refractivity (Wildman–Crippen MR) is 128 cm³/mol. The zero-order valence-electron chi connectivity index (χ0n) is 18.2. The molecule has 0 unspecified atom stereocenters. The molecule has 0 N–H and O–H groups in total. The van der Waals surface area contributed by atoms with Crippen LogP contribution in [-0.2, 0) is 19.4 Å². The molecular formula is C25H22N6OS. The van der Waals surface area contributed by atoms with Gasteiger partial charge in [-0.15, -0.1) is 11.3 Å². The van der Waals surface area contributed by atoms with Gasteiger partial charge >= 0.3 is 0 Å². The minimum Gasteiger partial charge on any atom is -0.343 e. The molecule has 1 aliphatic heterocycles. The first-order chi connectivity index (χ1) is 16.2. The molecule has 0 saturated carbocycles. The molecule has 5 aromatic rings. The van der Waals surface area contributed by atoms with Crippen LogP contribution in [0, 0.1) is 6.92 Å². The summed E-state index contributed by atoms with van der Waals surface area (Å²) >= 11 is 1.77.